The van der Waals surface area contributed by atoms with Crippen LogP contribution in [0.15, 0.2) is 176 Å². The van der Waals surface area contributed by atoms with Gasteiger partial charge < -0.3 is 28.1 Å². The number of aromatic nitrogens is 1. The fourth-order valence-corrected chi connectivity index (χ4v) is 13.0. The number of benzene rings is 8. The van der Waals surface area contributed by atoms with Gasteiger partial charge in [-0.2, -0.15) is 0 Å². The number of hydrogen-bond donors (Lipinski definition) is 0. The van der Waals surface area contributed by atoms with Gasteiger partial charge in [-0.05, 0) is 196 Å². The summed E-state index contributed by atoms with van der Waals surface area (Å²) in [6.45, 7) is 23.8. The maximum Gasteiger partial charge on any atom is 0.494 e. The number of nitrogens with zero attached hydrogens (tertiary/aromatic N) is 2. The van der Waals surface area contributed by atoms with Crippen molar-refractivity contribution < 1.29 is 18.6 Å². The van der Waals surface area contributed by atoms with E-state index in [1.165, 1.54) is 114 Å². The normalized spacial score (nSPS) is 17.1. The Morgan fingerprint density at radius 1 is 0.386 bits per heavy atom. The van der Waals surface area contributed by atoms with Gasteiger partial charge in [0, 0.05) is 38.9 Å². The number of rotatable bonds is 19. The van der Waals surface area contributed by atoms with Gasteiger partial charge in [-0.1, -0.05) is 188 Å². The summed E-state index contributed by atoms with van der Waals surface area (Å²) in [5.41, 5.74) is 17.8. The average molecular weight is 1100 g/mol. The van der Waals surface area contributed by atoms with E-state index in [0.29, 0.717) is 0 Å². The second kappa shape index (κ2) is 22.4. The zero-order valence-corrected chi connectivity index (χ0v) is 51.2. The summed E-state index contributed by atoms with van der Waals surface area (Å²) in [6.07, 6.45) is 14.8. The standard InChI is InChI=1S/C75H84B2N2O4/c1-12-13-14-15-16-17-18-19-20-21-26-52-31-33-53(34-32-52)54-35-40-59(41-36-54)78(61-44-45-64-63-27-22-24-29-67(63)71(2,3)68(64)51-61)60-42-37-55(38-43-60)56-39-46-70-66(47-56)65-28-23-25-30-69(65)79(70)62-49-57(76-80-72(4,5)73(6,7)81-76)48-58(50-62)77-82-74(8,9)75(10,11)83-77/h22-25,27-51H,12-21,26H2,1-11H3. The molecule has 2 fully saturated rings. The van der Waals surface area contributed by atoms with E-state index in [1.807, 2.05) is 0 Å². The minimum absolute atomic E-state index is 0.131. The van der Waals surface area contributed by atoms with Crippen LogP contribution >= 0.6 is 0 Å². The van der Waals surface area contributed by atoms with E-state index in [9.17, 15) is 0 Å². The molecular formula is C75H84B2N2O4. The van der Waals surface area contributed by atoms with Crippen LogP contribution in [0.1, 0.15) is 157 Å². The third-order valence-corrected chi connectivity index (χ3v) is 19.5. The lowest BCUT2D eigenvalue weighted by molar-refractivity contribution is 0.00578. The first-order chi connectivity index (χ1) is 39.8. The van der Waals surface area contributed by atoms with Crippen LogP contribution in [0.5, 0.6) is 0 Å². The van der Waals surface area contributed by atoms with E-state index in [-0.39, 0.29) is 5.41 Å². The van der Waals surface area contributed by atoms with Crippen molar-refractivity contribution in [2.45, 2.75) is 175 Å². The van der Waals surface area contributed by atoms with Crippen molar-refractivity contribution in [1.29, 1.82) is 0 Å². The van der Waals surface area contributed by atoms with Crippen molar-refractivity contribution in [3.8, 4) is 39.1 Å². The quantitative estimate of drug-likeness (QED) is 0.0596. The predicted molar refractivity (Wildman–Crippen MR) is 351 cm³/mol. The van der Waals surface area contributed by atoms with Gasteiger partial charge in [-0.15, -0.1) is 0 Å². The smallest absolute Gasteiger partial charge is 0.399 e. The van der Waals surface area contributed by atoms with Gasteiger partial charge >= 0.3 is 14.2 Å². The van der Waals surface area contributed by atoms with E-state index in [4.69, 9.17) is 18.6 Å². The summed E-state index contributed by atoms with van der Waals surface area (Å²) in [7, 11) is -1.14. The van der Waals surface area contributed by atoms with Crippen molar-refractivity contribution in [3.05, 3.63) is 193 Å². The highest BCUT2D eigenvalue weighted by molar-refractivity contribution is 6.66. The maximum absolute atomic E-state index is 6.71. The molecule has 3 aliphatic rings. The summed E-state index contributed by atoms with van der Waals surface area (Å²) in [5.74, 6) is 0. The molecule has 83 heavy (non-hydrogen) atoms. The van der Waals surface area contributed by atoms with Crippen molar-refractivity contribution in [2.75, 3.05) is 4.90 Å². The van der Waals surface area contributed by atoms with E-state index >= 15 is 0 Å². The number of unbranched alkanes of at least 4 members (excludes halogenated alkanes) is 9. The highest BCUT2D eigenvalue weighted by Gasteiger charge is 2.54. The van der Waals surface area contributed by atoms with Crippen LogP contribution in [0.4, 0.5) is 17.1 Å². The van der Waals surface area contributed by atoms with Gasteiger partial charge in [0.1, 0.15) is 0 Å². The van der Waals surface area contributed by atoms with Crippen molar-refractivity contribution in [1.82, 2.24) is 4.57 Å². The minimum atomic E-state index is -0.572. The van der Waals surface area contributed by atoms with Gasteiger partial charge in [0.25, 0.3) is 0 Å². The molecule has 0 radical (unpaired) electrons. The molecule has 0 N–H and O–H groups in total. The Labute approximate surface area is 495 Å². The molecule has 0 spiro atoms. The summed E-state index contributed by atoms with van der Waals surface area (Å²) < 4.78 is 29.2. The third-order valence-electron chi connectivity index (χ3n) is 19.5. The Morgan fingerprint density at radius 3 is 1.42 bits per heavy atom. The van der Waals surface area contributed by atoms with E-state index in [0.717, 1.165) is 62.3 Å². The molecule has 12 rings (SSSR count). The lowest BCUT2D eigenvalue weighted by Gasteiger charge is -2.32. The topological polar surface area (TPSA) is 45.1 Å². The van der Waals surface area contributed by atoms with E-state index in [2.05, 4.69) is 262 Å². The van der Waals surface area contributed by atoms with Crippen LogP contribution < -0.4 is 15.8 Å². The van der Waals surface area contributed by atoms with Gasteiger partial charge in [-0.25, -0.2) is 0 Å². The average Bonchev–Trinajstić information content (AvgIpc) is 2.36. The summed E-state index contributed by atoms with van der Waals surface area (Å²) in [4.78, 5) is 2.43. The second-order valence-corrected chi connectivity index (χ2v) is 26.6. The molecule has 0 unspecified atom stereocenters. The van der Waals surface area contributed by atoms with Crippen LogP contribution in [0, 0.1) is 0 Å². The maximum atomic E-state index is 6.71. The molecule has 2 saturated heterocycles. The largest absolute Gasteiger partial charge is 0.494 e. The first kappa shape index (κ1) is 56.8. The van der Waals surface area contributed by atoms with Gasteiger partial charge in [0.15, 0.2) is 0 Å². The van der Waals surface area contributed by atoms with Crippen LogP contribution in [-0.4, -0.2) is 41.2 Å². The first-order valence-corrected chi connectivity index (χ1v) is 31.1. The number of para-hydroxylation sites is 1. The number of hydrogen-bond acceptors (Lipinski definition) is 5. The lowest BCUT2D eigenvalue weighted by Crippen LogP contribution is -2.41. The molecule has 8 aromatic carbocycles. The van der Waals surface area contributed by atoms with Crippen LogP contribution in [0.25, 0.3) is 60.9 Å². The highest BCUT2D eigenvalue weighted by atomic mass is 16.7. The fraction of sp³-hybridized carbons (Fsp3) is 0.360. The van der Waals surface area contributed by atoms with Crippen molar-refractivity contribution in [2.24, 2.45) is 0 Å². The molecule has 1 aromatic heterocycles. The van der Waals surface area contributed by atoms with Crippen LogP contribution in [0.2, 0.25) is 0 Å². The summed E-state index contributed by atoms with van der Waals surface area (Å²) >= 11 is 0. The molecule has 0 atom stereocenters. The molecule has 424 valence electrons. The Balaban J connectivity index is 0.852. The Morgan fingerprint density at radius 2 is 0.843 bits per heavy atom. The Kier molecular flexibility index (Phi) is 15.3. The Hall–Kier alpha value is -6.67. The van der Waals surface area contributed by atoms with E-state index < -0.39 is 36.6 Å². The van der Waals surface area contributed by atoms with Crippen molar-refractivity contribution in [3.63, 3.8) is 0 Å². The molecule has 1 aliphatic carbocycles. The summed E-state index contributed by atoms with van der Waals surface area (Å²) in [5, 5.41) is 2.35. The molecular weight excluding hydrogens is 1010 g/mol. The molecule has 0 amide bonds. The predicted octanol–water partition coefficient (Wildman–Crippen LogP) is 19.0. The molecule has 8 heteroatoms. The molecule has 9 aromatic rings. The van der Waals surface area contributed by atoms with Crippen LogP contribution in [-0.2, 0) is 30.5 Å². The molecule has 0 saturated carbocycles. The second-order valence-electron chi connectivity index (χ2n) is 26.6. The zero-order valence-electron chi connectivity index (χ0n) is 51.2. The molecule has 0 bridgehead atoms. The Bertz CT molecular complexity index is 3710. The fourth-order valence-electron chi connectivity index (χ4n) is 13.0. The molecule has 6 nitrogen and oxygen atoms in total. The number of aryl methyl sites for hydroxylation is 1. The van der Waals surface area contributed by atoms with E-state index in [1.54, 1.807) is 0 Å². The lowest BCUT2D eigenvalue weighted by atomic mass is 9.71. The highest BCUT2D eigenvalue weighted by Crippen LogP contribution is 2.51. The monoisotopic (exact) mass is 1100 g/mol. The third kappa shape index (κ3) is 10.8. The summed E-state index contributed by atoms with van der Waals surface area (Å²) in [6, 6.07) is 65.8. The van der Waals surface area contributed by atoms with Crippen LogP contribution in [0.3, 0.4) is 0 Å². The first-order valence-electron chi connectivity index (χ1n) is 31.1. The SMILES string of the molecule is CCCCCCCCCCCCc1ccc(-c2ccc(N(c3ccc(-c4ccc5c(c4)c4ccccc4n5-c4cc(B5OC(C)(C)C(C)(C)O5)cc(B5OC(C)(C)C(C)(C)O5)c4)cc3)c3ccc4c(c3)C(C)(C)c3ccccc3-4)cc2)cc1. The van der Waals surface area contributed by atoms with Gasteiger partial charge in [0.05, 0.1) is 33.4 Å². The van der Waals surface area contributed by atoms with Gasteiger partial charge in [-0.3, -0.25) is 0 Å². The molecule has 2 aliphatic heterocycles. The zero-order chi connectivity index (χ0) is 57.9. The van der Waals surface area contributed by atoms with Crippen molar-refractivity contribution >= 4 is 64.0 Å². The molecule has 3 heterocycles. The van der Waals surface area contributed by atoms with Gasteiger partial charge in [0.2, 0.25) is 0 Å². The number of anilines is 3. The minimum Gasteiger partial charge on any atom is -0.399 e. The number of fused-ring (bicyclic) bond motifs is 6.